The average molecular weight is 277 g/mol. The van der Waals surface area contributed by atoms with Crippen LogP contribution in [0.2, 0.25) is 5.02 Å². The van der Waals surface area contributed by atoms with Gasteiger partial charge in [0.15, 0.2) is 0 Å². The largest absolute Gasteiger partial charge is 0.343 e. The number of carbonyl (C=O) groups is 1. The summed E-state index contributed by atoms with van der Waals surface area (Å²) in [5.41, 5.74) is 0. The summed E-state index contributed by atoms with van der Waals surface area (Å²) in [6.45, 7) is 1.04. The van der Waals surface area contributed by atoms with Crippen LogP contribution in [0.3, 0.4) is 0 Å². The van der Waals surface area contributed by atoms with E-state index in [0.717, 1.165) is 0 Å². The maximum absolute atomic E-state index is 10.9. The summed E-state index contributed by atoms with van der Waals surface area (Å²) in [6, 6.07) is 0. The van der Waals surface area contributed by atoms with Crippen molar-refractivity contribution >= 4 is 33.4 Å². The first-order valence-electron chi connectivity index (χ1n) is 3.80. The van der Waals surface area contributed by atoms with Crippen LogP contribution in [0, 0.1) is 10.8 Å². The molecule has 0 radical (unpaired) electrons. The first-order valence-corrected chi connectivity index (χ1v) is 4.97. The van der Waals surface area contributed by atoms with Gasteiger partial charge in [-0.05, 0) is 4.83 Å². The van der Waals surface area contributed by atoms with Gasteiger partial charge in [0, 0.05) is 34.6 Å². The molecule has 0 aromatic carbocycles. The third kappa shape index (κ3) is 3.81. The lowest BCUT2D eigenvalue weighted by molar-refractivity contribution is -0.115. The first kappa shape index (κ1) is 11.1. The molecule has 0 saturated carbocycles. The number of halogens is 2. The first-order chi connectivity index (χ1) is 6.72. The van der Waals surface area contributed by atoms with Crippen molar-refractivity contribution < 1.29 is 4.79 Å². The molecule has 1 rings (SSSR count). The van der Waals surface area contributed by atoms with E-state index in [-0.39, 0.29) is 5.91 Å². The van der Waals surface area contributed by atoms with Gasteiger partial charge in [-0.25, -0.2) is 0 Å². The zero-order valence-corrected chi connectivity index (χ0v) is 9.47. The minimum absolute atomic E-state index is 0.319. The Morgan fingerprint density at radius 1 is 1.79 bits per heavy atom. The van der Waals surface area contributed by atoms with Crippen molar-refractivity contribution in [2.24, 2.45) is 0 Å². The van der Waals surface area contributed by atoms with Gasteiger partial charge in [-0.1, -0.05) is 11.6 Å². The van der Waals surface area contributed by atoms with Gasteiger partial charge in [0.25, 0.3) is 5.91 Å². The molecule has 1 amide bonds. The quantitative estimate of drug-likeness (QED) is 0.838. The normalized spacial score (nSPS) is 9.00. The van der Waals surface area contributed by atoms with Crippen molar-refractivity contribution in [2.75, 3.05) is 6.54 Å². The second kappa shape index (κ2) is 5.68. The fourth-order valence-electron chi connectivity index (χ4n) is 0.832. The maximum atomic E-state index is 10.9. The van der Waals surface area contributed by atoms with E-state index in [1.807, 2.05) is 0 Å². The number of nitrogens with zero attached hydrogens (tertiary/aromatic N) is 2. The van der Waals surface area contributed by atoms with E-state index in [2.05, 4.69) is 37.1 Å². The Hall–Kier alpha value is -0.990. The second-order valence-corrected chi connectivity index (χ2v) is 3.23. The number of amides is 1. The molecule has 14 heavy (non-hydrogen) atoms. The lowest BCUT2D eigenvalue weighted by atomic mass is 10.5. The van der Waals surface area contributed by atoms with Gasteiger partial charge in [0.1, 0.15) is 0 Å². The average Bonchev–Trinajstić information content (AvgIpc) is 2.52. The summed E-state index contributed by atoms with van der Waals surface area (Å²) in [7, 11) is 0. The third-order valence-electron chi connectivity index (χ3n) is 1.39. The predicted octanol–water partition coefficient (Wildman–Crippen LogP) is 1.01. The molecule has 6 heteroatoms. The highest BCUT2D eigenvalue weighted by molar-refractivity contribution is 9.12. The van der Waals surface area contributed by atoms with Crippen molar-refractivity contribution in [3.05, 3.63) is 17.4 Å². The number of rotatable bonds is 3. The Morgan fingerprint density at radius 3 is 3.14 bits per heavy atom. The molecule has 1 heterocycles. The Kier molecular flexibility index (Phi) is 4.50. The second-order valence-electron chi connectivity index (χ2n) is 2.40. The van der Waals surface area contributed by atoms with E-state index >= 15 is 0 Å². The monoisotopic (exact) mass is 275 g/mol. The van der Waals surface area contributed by atoms with E-state index in [9.17, 15) is 4.79 Å². The van der Waals surface area contributed by atoms with Crippen LogP contribution in [-0.2, 0) is 11.3 Å². The van der Waals surface area contributed by atoms with Crippen LogP contribution < -0.4 is 5.32 Å². The van der Waals surface area contributed by atoms with Gasteiger partial charge in [0.2, 0.25) is 0 Å². The molecule has 0 fully saturated rings. The molecule has 0 saturated heterocycles. The SMILES string of the molecule is O=C(C#CBr)NCCn1cc(Cl)cn1. The number of nitrogens with one attached hydrogen (secondary N) is 1. The van der Waals surface area contributed by atoms with Gasteiger partial charge in [-0.15, -0.1) is 0 Å². The summed E-state index contributed by atoms with van der Waals surface area (Å²) < 4.78 is 1.64. The zero-order chi connectivity index (χ0) is 10.4. The Bertz CT molecular complexity index is 379. The van der Waals surface area contributed by atoms with E-state index in [4.69, 9.17) is 11.6 Å². The summed E-state index contributed by atoms with van der Waals surface area (Å²) >= 11 is 8.49. The van der Waals surface area contributed by atoms with E-state index in [1.165, 1.54) is 0 Å². The summed E-state index contributed by atoms with van der Waals surface area (Å²) in [5, 5.41) is 7.12. The molecular formula is C8H7BrClN3O. The lowest BCUT2D eigenvalue weighted by Crippen LogP contribution is -2.25. The maximum Gasteiger partial charge on any atom is 0.296 e. The fraction of sp³-hybridized carbons (Fsp3) is 0.250. The molecular weight excluding hydrogens is 269 g/mol. The molecule has 0 unspecified atom stereocenters. The van der Waals surface area contributed by atoms with Crippen LogP contribution >= 0.6 is 27.5 Å². The van der Waals surface area contributed by atoms with Gasteiger partial charge in [-0.2, -0.15) is 5.10 Å². The summed E-state index contributed by atoms with van der Waals surface area (Å²) in [6.07, 6.45) is 3.23. The van der Waals surface area contributed by atoms with Gasteiger partial charge in [0.05, 0.1) is 17.8 Å². The lowest BCUT2D eigenvalue weighted by Gasteiger charge is -2.00. The molecule has 4 nitrogen and oxygen atoms in total. The third-order valence-corrected chi connectivity index (χ3v) is 1.78. The van der Waals surface area contributed by atoms with Crippen LogP contribution in [0.1, 0.15) is 0 Å². The van der Waals surface area contributed by atoms with Crippen molar-refractivity contribution in [1.82, 2.24) is 15.1 Å². The summed E-state index contributed by atoms with van der Waals surface area (Å²) in [5.74, 6) is 1.98. The number of hydrogen-bond acceptors (Lipinski definition) is 2. The smallest absolute Gasteiger partial charge is 0.296 e. The molecule has 0 aliphatic heterocycles. The molecule has 0 spiro atoms. The summed E-state index contributed by atoms with van der Waals surface area (Å²) in [4.78, 5) is 13.2. The number of hydrogen-bond donors (Lipinski definition) is 1. The Balaban J connectivity index is 2.27. The highest BCUT2D eigenvalue weighted by Crippen LogP contribution is 2.03. The topological polar surface area (TPSA) is 46.9 Å². The van der Waals surface area contributed by atoms with Crippen LogP contribution in [0.4, 0.5) is 0 Å². The standard InChI is InChI=1S/C8H7BrClN3O/c9-2-1-8(14)11-3-4-13-6-7(10)5-12-13/h5-6H,3-4H2,(H,11,14). The fourth-order valence-corrected chi connectivity index (χ4v) is 1.17. The van der Waals surface area contributed by atoms with E-state index in [0.29, 0.717) is 18.1 Å². The highest BCUT2D eigenvalue weighted by atomic mass is 79.9. The van der Waals surface area contributed by atoms with Gasteiger partial charge < -0.3 is 5.32 Å². The van der Waals surface area contributed by atoms with Crippen LogP contribution in [0.25, 0.3) is 0 Å². The van der Waals surface area contributed by atoms with Crippen molar-refractivity contribution in [1.29, 1.82) is 0 Å². The van der Waals surface area contributed by atoms with Crippen LogP contribution in [-0.4, -0.2) is 22.2 Å². The number of carbonyl (C=O) groups excluding carboxylic acids is 1. The minimum atomic E-state index is -0.319. The zero-order valence-electron chi connectivity index (χ0n) is 7.13. The van der Waals surface area contributed by atoms with Crippen molar-refractivity contribution in [3.8, 4) is 10.8 Å². The molecule has 1 aromatic heterocycles. The highest BCUT2D eigenvalue weighted by Gasteiger charge is 1.96. The van der Waals surface area contributed by atoms with Crippen LogP contribution in [0.15, 0.2) is 12.4 Å². The molecule has 0 bridgehead atoms. The molecule has 0 atom stereocenters. The van der Waals surface area contributed by atoms with E-state index in [1.54, 1.807) is 17.1 Å². The molecule has 74 valence electrons. The van der Waals surface area contributed by atoms with E-state index < -0.39 is 0 Å². The van der Waals surface area contributed by atoms with Gasteiger partial charge in [-0.3, -0.25) is 9.48 Å². The molecule has 1 aromatic rings. The Morgan fingerprint density at radius 2 is 2.57 bits per heavy atom. The van der Waals surface area contributed by atoms with Crippen LogP contribution in [0.5, 0.6) is 0 Å². The molecule has 1 N–H and O–H groups in total. The molecule has 0 aliphatic rings. The van der Waals surface area contributed by atoms with Crippen molar-refractivity contribution in [2.45, 2.75) is 6.54 Å². The molecule has 0 aliphatic carbocycles. The van der Waals surface area contributed by atoms with Gasteiger partial charge >= 0.3 is 0 Å². The minimum Gasteiger partial charge on any atom is -0.343 e. The van der Waals surface area contributed by atoms with Crippen molar-refractivity contribution in [3.63, 3.8) is 0 Å². The predicted molar refractivity (Wildman–Crippen MR) is 56.9 cm³/mol. The Labute approximate surface area is 94.7 Å². The number of aromatic nitrogens is 2.